The number of benzene rings is 1. The molecule has 106 valence electrons. The van der Waals surface area contributed by atoms with Crippen LogP contribution in [-0.4, -0.2) is 35.8 Å². The lowest BCUT2D eigenvalue weighted by molar-refractivity contribution is -0.131. The lowest BCUT2D eigenvalue weighted by Crippen LogP contribution is -2.38. The zero-order valence-corrected chi connectivity index (χ0v) is 12.7. The van der Waals surface area contributed by atoms with Crippen molar-refractivity contribution in [2.24, 2.45) is 5.92 Å². The number of rotatable bonds is 3. The topological polar surface area (TPSA) is 49.4 Å². The van der Waals surface area contributed by atoms with Gasteiger partial charge in [0.2, 0.25) is 5.91 Å². The zero-order chi connectivity index (χ0) is 14.1. The summed E-state index contributed by atoms with van der Waals surface area (Å²) < 4.78 is 0.793. The number of amides is 2. The van der Waals surface area contributed by atoms with Crippen molar-refractivity contribution in [3.63, 3.8) is 0 Å². The van der Waals surface area contributed by atoms with Gasteiger partial charge in [-0.1, -0.05) is 12.1 Å². The largest absolute Gasteiger partial charge is 0.347 e. The molecule has 1 aromatic rings. The van der Waals surface area contributed by atoms with Crippen LogP contribution in [0.5, 0.6) is 0 Å². The molecule has 1 unspecified atom stereocenters. The summed E-state index contributed by atoms with van der Waals surface area (Å²) in [5, 5.41) is 3.02. The number of hydrogen-bond donors (Lipinski definition) is 1. The summed E-state index contributed by atoms with van der Waals surface area (Å²) in [7, 11) is 0. The van der Waals surface area contributed by atoms with Crippen LogP contribution in [0.2, 0.25) is 0 Å². The Bertz CT molecular complexity index is 542. The van der Waals surface area contributed by atoms with E-state index in [9.17, 15) is 9.59 Å². The summed E-state index contributed by atoms with van der Waals surface area (Å²) >= 11 is 3.38. The van der Waals surface area contributed by atoms with Gasteiger partial charge in [0, 0.05) is 29.5 Å². The fraction of sp³-hybridized carbons (Fsp3) is 0.467. The molecule has 2 aliphatic rings. The molecule has 20 heavy (non-hydrogen) atoms. The third kappa shape index (κ3) is 2.87. The maximum Gasteiger partial charge on any atom is 0.252 e. The first-order valence-corrected chi connectivity index (χ1v) is 7.78. The molecule has 1 heterocycles. The summed E-state index contributed by atoms with van der Waals surface area (Å²) in [4.78, 5) is 26.1. The van der Waals surface area contributed by atoms with Gasteiger partial charge in [0.1, 0.15) is 0 Å². The third-order valence-corrected chi connectivity index (χ3v) is 4.57. The Labute approximate surface area is 126 Å². The molecule has 0 aromatic heterocycles. The predicted octanol–water partition coefficient (Wildman–Crippen LogP) is 2.19. The number of nitrogens with one attached hydrogen (secondary N) is 1. The van der Waals surface area contributed by atoms with E-state index in [1.165, 1.54) is 0 Å². The van der Waals surface area contributed by atoms with Crippen LogP contribution < -0.4 is 5.32 Å². The van der Waals surface area contributed by atoms with Crippen molar-refractivity contribution in [3.05, 3.63) is 34.3 Å². The van der Waals surface area contributed by atoms with Crippen LogP contribution in [0.3, 0.4) is 0 Å². The molecule has 1 aromatic carbocycles. The summed E-state index contributed by atoms with van der Waals surface area (Å²) in [5.74, 6) is 0.443. The van der Waals surface area contributed by atoms with Crippen molar-refractivity contribution < 1.29 is 9.59 Å². The van der Waals surface area contributed by atoms with Crippen LogP contribution in [0, 0.1) is 5.92 Å². The second kappa shape index (κ2) is 5.56. The van der Waals surface area contributed by atoms with E-state index in [-0.39, 0.29) is 23.8 Å². The summed E-state index contributed by atoms with van der Waals surface area (Å²) in [6.07, 6.45) is 2.90. The monoisotopic (exact) mass is 336 g/mol. The van der Waals surface area contributed by atoms with Crippen LogP contribution >= 0.6 is 15.9 Å². The van der Waals surface area contributed by atoms with Gasteiger partial charge >= 0.3 is 0 Å². The fourth-order valence-corrected chi connectivity index (χ4v) is 3.04. The van der Waals surface area contributed by atoms with Gasteiger partial charge in [-0.05, 0) is 47.3 Å². The molecule has 1 saturated heterocycles. The normalized spacial score (nSPS) is 21.9. The molecule has 1 saturated carbocycles. The van der Waals surface area contributed by atoms with E-state index >= 15 is 0 Å². The Morgan fingerprint density at radius 2 is 1.95 bits per heavy atom. The zero-order valence-electron chi connectivity index (χ0n) is 11.1. The molecule has 2 fully saturated rings. The predicted molar refractivity (Wildman–Crippen MR) is 79.3 cm³/mol. The molecule has 0 radical (unpaired) electrons. The molecular weight excluding hydrogens is 320 g/mol. The lowest BCUT2D eigenvalue weighted by atomic mass is 10.2. The highest BCUT2D eigenvalue weighted by Gasteiger charge is 2.36. The van der Waals surface area contributed by atoms with E-state index in [0.29, 0.717) is 12.1 Å². The van der Waals surface area contributed by atoms with Crippen molar-refractivity contribution in [2.75, 3.05) is 13.1 Å². The maximum absolute atomic E-state index is 12.2. The first-order valence-electron chi connectivity index (χ1n) is 6.99. The number of carbonyl (C=O) groups excluding carboxylic acids is 2. The Hall–Kier alpha value is -1.36. The number of hydrogen-bond acceptors (Lipinski definition) is 2. The molecule has 5 heteroatoms. The second-order valence-electron chi connectivity index (χ2n) is 5.50. The van der Waals surface area contributed by atoms with Crippen molar-refractivity contribution in [1.29, 1.82) is 0 Å². The minimum atomic E-state index is -0.0804. The van der Waals surface area contributed by atoms with Crippen molar-refractivity contribution in [1.82, 2.24) is 10.2 Å². The van der Waals surface area contributed by atoms with Crippen molar-refractivity contribution in [2.45, 2.75) is 25.3 Å². The van der Waals surface area contributed by atoms with Gasteiger partial charge in [-0.3, -0.25) is 9.59 Å². The van der Waals surface area contributed by atoms with E-state index in [1.54, 1.807) is 6.07 Å². The third-order valence-electron chi connectivity index (χ3n) is 3.88. The van der Waals surface area contributed by atoms with Gasteiger partial charge in [0.05, 0.1) is 5.56 Å². The molecule has 4 nitrogen and oxygen atoms in total. The molecule has 1 atom stereocenters. The number of halogens is 1. The maximum atomic E-state index is 12.2. The highest BCUT2D eigenvalue weighted by Crippen LogP contribution is 2.32. The fourth-order valence-electron chi connectivity index (χ4n) is 2.58. The smallest absolute Gasteiger partial charge is 0.252 e. The molecule has 1 aliphatic carbocycles. The van der Waals surface area contributed by atoms with Crippen LogP contribution in [0.25, 0.3) is 0 Å². The minimum absolute atomic E-state index is 0.0670. The summed E-state index contributed by atoms with van der Waals surface area (Å²) in [5.41, 5.74) is 0.638. The van der Waals surface area contributed by atoms with E-state index in [0.717, 1.165) is 30.3 Å². The van der Waals surface area contributed by atoms with Gasteiger partial charge in [0.25, 0.3) is 5.91 Å². The Morgan fingerprint density at radius 3 is 2.65 bits per heavy atom. The van der Waals surface area contributed by atoms with Gasteiger partial charge in [0.15, 0.2) is 0 Å². The first kappa shape index (κ1) is 13.6. The van der Waals surface area contributed by atoms with Crippen LogP contribution in [0.4, 0.5) is 0 Å². The molecule has 1 aliphatic heterocycles. The molecule has 3 rings (SSSR count). The van der Waals surface area contributed by atoms with Gasteiger partial charge in [-0.25, -0.2) is 0 Å². The second-order valence-corrected chi connectivity index (χ2v) is 6.35. The van der Waals surface area contributed by atoms with Gasteiger partial charge in [-0.15, -0.1) is 0 Å². The van der Waals surface area contributed by atoms with E-state index < -0.39 is 0 Å². The highest BCUT2D eigenvalue weighted by molar-refractivity contribution is 9.10. The van der Waals surface area contributed by atoms with E-state index in [4.69, 9.17) is 0 Å². The Morgan fingerprint density at radius 1 is 1.20 bits per heavy atom. The number of nitrogens with zero attached hydrogens (tertiary/aromatic N) is 1. The molecule has 1 N–H and O–H groups in total. The quantitative estimate of drug-likeness (QED) is 0.919. The minimum Gasteiger partial charge on any atom is -0.347 e. The van der Waals surface area contributed by atoms with Crippen LogP contribution in [0.15, 0.2) is 28.7 Å². The van der Waals surface area contributed by atoms with E-state index in [1.807, 2.05) is 23.1 Å². The van der Waals surface area contributed by atoms with Gasteiger partial charge < -0.3 is 10.2 Å². The molecule has 0 bridgehead atoms. The Balaban J connectivity index is 1.58. The summed E-state index contributed by atoms with van der Waals surface area (Å²) in [6.45, 7) is 1.40. The van der Waals surface area contributed by atoms with Crippen molar-refractivity contribution in [3.8, 4) is 0 Å². The molecule has 2 amide bonds. The molecule has 0 spiro atoms. The summed E-state index contributed by atoms with van der Waals surface area (Å²) in [6, 6.07) is 7.44. The lowest BCUT2D eigenvalue weighted by Gasteiger charge is -2.17. The average molecular weight is 337 g/mol. The van der Waals surface area contributed by atoms with Crippen LogP contribution in [0.1, 0.15) is 29.6 Å². The van der Waals surface area contributed by atoms with Gasteiger partial charge in [-0.2, -0.15) is 0 Å². The standard InChI is InChI=1S/C15H17BrN2O2/c16-13-4-2-1-3-12(13)14(19)17-11-7-8-18(9-11)15(20)10-5-6-10/h1-4,10-11H,5-9H2,(H,17,19). The van der Waals surface area contributed by atoms with E-state index in [2.05, 4.69) is 21.2 Å². The highest BCUT2D eigenvalue weighted by atomic mass is 79.9. The molecular formula is C15H17BrN2O2. The Kier molecular flexibility index (Phi) is 3.78. The number of carbonyl (C=O) groups is 2. The number of likely N-dealkylation sites (tertiary alicyclic amines) is 1. The SMILES string of the molecule is O=C(NC1CCN(C(=O)C2CC2)C1)c1ccccc1Br. The first-order chi connectivity index (χ1) is 9.65. The van der Waals surface area contributed by atoms with Crippen molar-refractivity contribution >= 4 is 27.7 Å². The average Bonchev–Trinajstić information content (AvgIpc) is 3.19. The van der Waals surface area contributed by atoms with Crippen LogP contribution in [-0.2, 0) is 4.79 Å².